The Morgan fingerprint density at radius 1 is 1.27 bits per heavy atom. The average molecular weight is 218 g/mol. The van der Waals surface area contributed by atoms with Crippen LogP contribution in [0.15, 0.2) is 12.7 Å². The summed E-state index contributed by atoms with van der Waals surface area (Å²) in [5.41, 5.74) is 0. The van der Waals surface area contributed by atoms with Crippen molar-refractivity contribution in [1.29, 1.82) is 0 Å². The van der Waals surface area contributed by atoms with Crippen LogP contribution in [0.1, 0.15) is 6.92 Å². The fourth-order valence-corrected chi connectivity index (χ4v) is 1.32. The summed E-state index contributed by atoms with van der Waals surface area (Å²) in [6.07, 6.45) is 0.630. The van der Waals surface area contributed by atoms with Crippen LogP contribution < -0.4 is 0 Å². The zero-order valence-electron chi connectivity index (χ0n) is 10.1. The van der Waals surface area contributed by atoms with E-state index < -0.39 is 5.97 Å². The van der Waals surface area contributed by atoms with Crippen LogP contribution in [0.2, 0.25) is 0 Å². The molecule has 0 saturated carbocycles. The van der Waals surface area contributed by atoms with Crippen LogP contribution in [0.5, 0.6) is 0 Å². The fourth-order valence-electron chi connectivity index (χ4n) is 1.32. The molecule has 0 aliphatic heterocycles. The Hall–Kier alpha value is -0.910. The second-order valence-electron chi connectivity index (χ2n) is 3.62. The van der Waals surface area contributed by atoms with Gasteiger partial charge in [-0.1, -0.05) is 6.58 Å². The number of aliphatic hydroxyl groups excluding tert-OH is 1. The van der Waals surface area contributed by atoms with E-state index in [9.17, 15) is 9.90 Å². The number of nitrogens with zero attached hydrogens (tertiary/aromatic N) is 2. The van der Waals surface area contributed by atoms with E-state index in [0.29, 0.717) is 0 Å². The lowest BCUT2D eigenvalue weighted by atomic mass is 10.3. The average Bonchev–Trinajstić information content (AvgIpc) is 2.02. The molecular weight excluding hydrogens is 196 g/mol. The van der Waals surface area contributed by atoms with E-state index >= 15 is 0 Å². The van der Waals surface area contributed by atoms with E-state index in [-0.39, 0.29) is 12.3 Å². The third-order valence-corrected chi connectivity index (χ3v) is 1.66. The molecule has 15 heavy (non-hydrogen) atoms. The highest BCUT2D eigenvalue weighted by molar-refractivity contribution is 5.78. The van der Waals surface area contributed by atoms with Gasteiger partial charge >= 0.3 is 5.97 Å². The Morgan fingerprint density at radius 3 is 1.53 bits per heavy atom. The van der Waals surface area contributed by atoms with Crippen LogP contribution in [0.4, 0.5) is 0 Å². The predicted octanol–water partition coefficient (Wildman–Crippen LogP) is 0.0735. The summed E-state index contributed by atoms with van der Waals surface area (Å²) in [5, 5.41) is 16.9. The van der Waals surface area contributed by atoms with Crippen LogP contribution in [0.3, 0.4) is 0 Å². The highest BCUT2D eigenvalue weighted by Gasteiger charge is 2.18. The largest absolute Gasteiger partial charge is 0.478 e. The molecule has 0 radical (unpaired) electrons. The maximum absolute atomic E-state index is 9.27. The van der Waals surface area contributed by atoms with Crippen LogP contribution in [0, 0.1) is 0 Å². The Kier molecular flexibility index (Phi) is 9.25. The first-order valence-electron chi connectivity index (χ1n) is 4.60. The fraction of sp³-hybridized carbons (Fsp3) is 0.700. The van der Waals surface area contributed by atoms with Crippen LogP contribution in [-0.4, -0.2) is 66.4 Å². The first-order valence-corrected chi connectivity index (χ1v) is 4.60. The monoisotopic (exact) mass is 218 g/mol. The third kappa shape index (κ3) is 9.40. The quantitative estimate of drug-likeness (QED) is 0.516. The number of carboxylic acid groups (broad SMARTS) is 1. The number of hydrogen-bond donors (Lipinski definition) is 2. The number of rotatable bonds is 4. The molecule has 0 amide bonds. The van der Waals surface area contributed by atoms with E-state index in [0.717, 1.165) is 6.08 Å². The minimum atomic E-state index is -0.981. The Labute approximate surface area is 91.6 Å². The van der Waals surface area contributed by atoms with Gasteiger partial charge in [0.15, 0.2) is 0 Å². The molecule has 0 aliphatic rings. The van der Waals surface area contributed by atoms with Gasteiger partial charge in [-0.3, -0.25) is 9.80 Å². The summed E-state index contributed by atoms with van der Waals surface area (Å²) in [7, 11) is 7.82. The van der Waals surface area contributed by atoms with Crippen LogP contribution in [0.25, 0.3) is 0 Å². The van der Waals surface area contributed by atoms with Crippen molar-refractivity contribution in [2.24, 2.45) is 0 Å². The van der Waals surface area contributed by atoms with Crippen molar-refractivity contribution in [2.45, 2.75) is 19.2 Å². The van der Waals surface area contributed by atoms with E-state index in [1.54, 1.807) is 6.92 Å². The molecule has 0 saturated heterocycles. The third-order valence-electron chi connectivity index (χ3n) is 1.66. The van der Waals surface area contributed by atoms with E-state index in [1.165, 1.54) is 0 Å². The first kappa shape index (κ1) is 16.5. The molecule has 1 atom stereocenters. The maximum Gasteiger partial charge on any atom is 0.327 e. The van der Waals surface area contributed by atoms with Gasteiger partial charge in [-0.2, -0.15) is 0 Å². The molecule has 0 aromatic rings. The minimum Gasteiger partial charge on any atom is -0.478 e. The smallest absolute Gasteiger partial charge is 0.327 e. The van der Waals surface area contributed by atoms with Gasteiger partial charge in [0.25, 0.3) is 0 Å². The van der Waals surface area contributed by atoms with Crippen molar-refractivity contribution in [3.8, 4) is 0 Å². The zero-order valence-corrected chi connectivity index (χ0v) is 10.1. The van der Waals surface area contributed by atoms with Gasteiger partial charge in [0.2, 0.25) is 0 Å². The maximum atomic E-state index is 9.27. The minimum absolute atomic E-state index is 0.111. The summed E-state index contributed by atoms with van der Waals surface area (Å²) < 4.78 is 0. The van der Waals surface area contributed by atoms with Crippen molar-refractivity contribution in [2.75, 3.05) is 28.2 Å². The molecule has 0 spiro atoms. The van der Waals surface area contributed by atoms with Crippen molar-refractivity contribution in [3.05, 3.63) is 12.7 Å². The Morgan fingerprint density at radius 2 is 1.53 bits per heavy atom. The molecule has 0 heterocycles. The highest BCUT2D eigenvalue weighted by atomic mass is 16.4. The number of carbonyl (C=O) groups is 1. The SMILES string of the molecule is C=CC(=O)O.CC(O)C(N(C)C)N(C)C. The van der Waals surface area contributed by atoms with Crippen molar-refractivity contribution < 1.29 is 15.0 Å². The molecule has 0 aromatic carbocycles. The lowest BCUT2D eigenvalue weighted by Crippen LogP contribution is -2.47. The van der Waals surface area contributed by atoms with Gasteiger partial charge in [0.1, 0.15) is 0 Å². The number of likely N-dealkylation sites (N-methyl/N-ethyl adjacent to an activating group) is 2. The summed E-state index contributed by atoms with van der Waals surface area (Å²) in [4.78, 5) is 13.2. The lowest BCUT2D eigenvalue weighted by molar-refractivity contribution is -0.131. The second kappa shape index (κ2) is 8.40. The molecule has 5 heteroatoms. The van der Waals surface area contributed by atoms with Crippen molar-refractivity contribution in [3.63, 3.8) is 0 Å². The number of hydrogen-bond acceptors (Lipinski definition) is 4. The van der Waals surface area contributed by atoms with Gasteiger partial charge in [-0.05, 0) is 35.1 Å². The van der Waals surface area contributed by atoms with Gasteiger partial charge in [-0.25, -0.2) is 4.79 Å². The highest BCUT2D eigenvalue weighted by Crippen LogP contribution is 2.01. The first-order chi connectivity index (χ1) is 6.73. The molecule has 2 N–H and O–H groups in total. The second-order valence-corrected chi connectivity index (χ2v) is 3.62. The predicted molar refractivity (Wildman–Crippen MR) is 60.7 cm³/mol. The molecule has 0 aromatic heterocycles. The van der Waals surface area contributed by atoms with Gasteiger partial charge in [-0.15, -0.1) is 0 Å². The molecule has 0 bridgehead atoms. The number of carboxylic acids is 1. The standard InChI is InChI=1S/C7H18N2O.C3H4O2/c1-6(10)7(8(2)3)9(4)5;1-2-3(4)5/h6-7,10H,1-5H3;2H,1H2,(H,4,5). The molecule has 0 fully saturated rings. The lowest BCUT2D eigenvalue weighted by Gasteiger charge is -2.32. The van der Waals surface area contributed by atoms with E-state index in [4.69, 9.17) is 5.11 Å². The normalized spacial score (nSPS) is 12.3. The van der Waals surface area contributed by atoms with Crippen LogP contribution in [-0.2, 0) is 4.79 Å². The van der Waals surface area contributed by atoms with E-state index in [2.05, 4.69) is 6.58 Å². The number of aliphatic hydroxyl groups is 1. The summed E-state index contributed by atoms with van der Waals surface area (Å²) in [6, 6.07) is 0. The summed E-state index contributed by atoms with van der Waals surface area (Å²) in [6.45, 7) is 4.76. The Balaban J connectivity index is 0. The molecule has 5 nitrogen and oxygen atoms in total. The van der Waals surface area contributed by atoms with Gasteiger partial charge < -0.3 is 10.2 Å². The summed E-state index contributed by atoms with van der Waals surface area (Å²) in [5.74, 6) is -0.981. The summed E-state index contributed by atoms with van der Waals surface area (Å²) >= 11 is 0. The topological polar surface area (TPSA) is 64.0 Å². The number of aliphatic carboxylic acids is 1. The molecule has 1 unspecified atom stereocenters. The van der Waals surface area contributed by atoms with Crippen molar-refractivity contribution in [1.82, 2.24) is 9.80 Å². The molecule has 90 valence electrons. The molecule has 0 aliphatic carbocycles. The van der Waals surface area contributed by atoms with Crippen LogP contribution >= 0.6 is 0 Å². The van der Waals surface area contributed by atoms with E-state index in [1.807, 2.05) is 38.0 Å². The molecule has 0 rings (SSSR count). The zero-order chi connectivity index (χ0) is 12.6. The van der Waals surface area contributed by atoms with Gasteiger partial charge in [0.05, 0.1) is 12.3 Å². The molecular formula is C10H22N2O3. The Bertz CT molecular complexity index is 172. The van der Waals surface area contributed by atoms with Gasteiger partial charge in [0, 0.05) is 6.08 Å². The van der Waals surface area contributed by atoms with Crippen molar-refractivity contribution >= 4 is 5.97 Å².